The summed E-state index contributed by atoms with van der Waals surface area (Å²) in [5, 5.41) is 33.2. The number of carbonyl (C=O) groups excluding carboxylic acids is 1. The summed E-state index contributed by atoms with van der Waals surface area (Å²) in [6.45, 7) is 4.25. The summed E-state index contributed by atoms with van der Waals surface area (Å²) in [6, 6.07) is -0.650. The second kappa shape index (κ2) is 35.2. The summed E-state index contributed by atoms with van der Waals surface area (Å²) in [4.78, 5) is 12.4. The highest BCUT2D eigenvalue weighted by Gasteiger charge is 2.21. The Bertz CT molecular complexity index is 572. The monoisotopic (exact) mass is 626 g/mol. The van der Waals surface area contributed by atoms with Crippen LogP contribution in [-0.4, -0.2) is 46.1 Å². The SMILES string of the molecule is CCCCCCCCCCCCCCCCCCCCCCC(O)C(CO)NC(=O)CC(O)CCCCCCCCCCC. The lowest BCUT2D eigenvalue weighted by atomic mass is 10.0. The van der Waals surface area contributed by atoms with Crippen molar-refractivity contribution in [3.05, 3.63) is 0 Å². The summed E-state index contributed by atoms with van der Waals surface area (Å²) < 4.78 is 0. The molecule has 5 heteroatoms. The summed E-state index contributed by atoms with van der Waals surface area (Å²) in [7, 11) is 0. The second-order valence-electron chi connectivity index (χ2n) is 13.9. The minimum atomic E-state index is -0.742. The molecular formula is C39H79NO4. The Morgan fingerprint density at radius 2 is 0.773 bits per heavy atom. The fourth-order valence-corrected chi connectivity index (χ4v) is 6.35. The van der Waals surface area contributed by atoms with Crippen molar-refractivity contribution in [2.75, 3.05) is 6.61 Å². The van der Waals surface area contributed by atoms with Crippen LogP contribution in [0.4, 0.5) is 0 Å². The molecule has 0 bridgehead atoms. The van der Waals surface area contributed by atoms with E-state index >= 15 is 0 Å². The summed E-state index contributed by atoms with van der Waals surface area (Å²) in [6.07, 6.45) is 37.8. The fourth-order valence-electron chi connectivity index (χ4n) is 6.35. The topological polar surface area (TPSA) is 89.8 Å². The van der Waals surface area contributed by atoms with Gasteiger partial charge in [0.2, 0.25) is 5.91 Å². The minimum absolute atomic E-state index is 0.0412. The number of amides is 1. The van der Waals surface area contributed by atoms with Gasteiger partial charge in [0.25, 0.3) is 0 Å². The molecule has 0 aromatic rings. The van der Waals surface area contributed by atoms with Crippen molar-refractivity contribution in [1.29, 1.82) is 0 Å². The van der Waals surface area contributed by atoms with Crippen LogP contribution in [0.15, 0.2) is 0 Å². The van der Waals surface area contributed by atoms with Crippen LogP contribution in [0.3, 0.4) is 0 Å². The smallest absolute Gasteiger partial charge is 0.222 e. The zero-order valence-electron chi connectivity index (χ0n) is 29.8. The Balaban J connectivity index is 3.57. The Kier molecular flexibility index (Phi) is 34.7. The third-order valence-electron chi connectivity index (χ3n) is 9.42. The molecule has 0 aliphatic rings. The first-order valence-corrected chi connectivity index (χ1v) is 19.8. The van der Waals surface area contributed by atoms with E-state index in [4.69, 9.17) is 0 Å². The standard InChI is InChI=1S/C39H79NO4/c1-3-5-7-9-11-13-14-15-16-17-18-19-20-21-22-23-25-27-29-31-33-38(43)37(35-41)40-39(44)34-36(42)32-30-28-26-24-12-10-8-6-4-2/h36-38,41-43H,3-35H2,1-2H3,(H,40,44). The van der Waals surface area contributed by atoms with Gasteiger partial charge in [-0.05, 0) is 12.8 Å². The Labute approximate surface area is 275 Å². The fraction of sp³-hybridized carbons (Fsp3) is 0.974. The van der Waals surface area contributed by atoms with Gasteiger partial charge in [0.15, 0.2) is 0 Å². The number of unbranched alkanes of at least 4 members (excludes halogenated alkanes) is 27. The third-order valence-corrected chi connectivity index (χ3v) is 9.42. The average molecular weight is 626 g/mol. The van der Waals surface area contributed by atoms with Crippen LogP contribution in [-0.2, 0) is 4.79 Å². The van der Waals surface area contributed by atoms with Gasteiger partial charge in [0.1, 0.15) is 0 Å². The molecule has 0 radical (unpaired) electrons. The summed E-state index contributed by atoms with van der Waals surface area (Å²) >= 11 is 0. The molecular weight excluding hydrogens is 546 g/mol. The van der Waals surface area contributed by atoms with E-state index in [1.54, 1.807) is 0 Å². The van der Waals surface area contributed by atoms with E-state index in [1.165, 1.54) is 161 Å². The number of aliphatic hydroxyl groups is 3. The van der Waals surface area contributed by atoms with Gasteiger partial charge in [-0.25, -0.2) is 0 Å². The third kappa shape index (κ3) is 31.3. The van der Waals surface area contributed by atoms with Crippen LogP contribution in [0.2, 0.25) is 0 Å². The Hall–Kier alpha value is -0.650. The predicted octanol–water partition coefficient (Wildman–Crippen LogP) is 10.7. The Morgan fingerprint density at radius 3 is 1.09 bits per heavy atom. The molecule has 0 spiro atoms. The molecule has 0 aromatic carbocycles. The molecule has 0 aliphatic carbocycles. The van der Waals surface area contributed by atoms with Crippen LogP contribution in [0, 0.1) is 0 Å². The number of nitrogens with one attached hydrogen (secondary N) is 1. The molecule has 0 saturated heterocycles. The quantitative estimate of drug-likeness (QED) is 0.0521. The van der Waals surface area contributed by atoms with E-state index < -0.39 is 18.2 Å². The molecule has 3 atom stereocenters. The zero-order chi connectivity index (χ0) is 32.4. The molecule has 0 aliphatic heterocycles. The van der Waals surface area contributed by atoms with E-state index in [1.807, 2.05) is 0 Å². The highest BCUT2D eigenvalue weighted by Crippen LogP contribution is 2.16. The number of hydrogen-bond acceptors (Lipinski definition) is 4. The van der Waals surface area contributed by atoms with Crippen LogP contribution >= 0.6 is 0 Å². The van der Waals surface area contributed by atoms with Crippen molar-refractivity contribution in [2.45, 2.75) is 238 Å². The normalized spacial score (nSPS) is 13.7. The van der Waals surface area contributed by atoms with Crippen molar-refractivity contribution in [3.63, 3.8) is 0 Å². The molecule has 0 rings (SSSR count). The lowest BCUT2D eigenvalue weighted by Gasteiger charge is -2.23. The van der Waals surface area contributed by atoms with E-state index in [0.717, 1.165) is 25.7 Å². The number of aliphatic hydroxyl groups excluding tert-OH is 3. The molecule has 0 saturated carbocycles. The largest absolute Gasteiger partial charge is 0.394 e. The average Bonchev–Trinajstić information content (AvgIpc) is 3.01. The number of carbonyl (C=O) groups is 1. The molecule has 3 unspecified atom stereocenters. The van der Waals surface area contributed by atoms with Crippen molar-refractivity contribution < 1.29 is 20.1 Å². The highest BCUT2D eigenvalue weighted by molar-refractivity contribution is 5.76. The van der Waals surface area contributed by atoms with Crippen LogP contribution in [0.5, 0.6) is 0 Å². The first kappa shape index (κ1) is 43.4. The van der Waals surface area contributed by atoms with E-state index in [0.29, 0.717) is 12.8 Å². The first-order valence-electron chi connectivity index (χ1n) is 19.8. The van der Waals surface area contributed by atoms with E-state index in [9.17, 15) is 20.1 Å². The molecule has 4 N–H and O–H groups in total. The van der Waals surface area contributed by atoms with Gasteiger partial charge in [0.05, 0.1) is 31.3 Å². The predicted molar refractivity (Wildman–Crippen MR) is 190 cm³/mol. The summed E-state index contributed by atoms with van der Waals surface area (Å²) in [5.41, 5.74) is 0. The van der Waals surface area contributed by atoms with Crippen molar-refractivity contribution in [2.24, 2.45) is 0 Å². The zero-order valence-corrected chi connectivity index (χ0v) is 29.8. The number of hydrogen-bond donors (Lipinski definition) is 4. The minimum Gasteiger partial charge on any atom is -0.394 e. The van der Waals surface area contributed by atoms with Crippen LogP contribution < -0.4 is 5.32 Å². The van der Waals surface area contributed by atoms with E-state index in [2.05, 4.69) is 19.2 Å². The van der Waals surface area contributed by atoms with Gasteiger partial charge in [0, 0.05) is 0 Å². The van der Waals surface area contributed by atoms with Crippen LogP contribution in [0.1, 0.15) is 219 Å². The van der Waals surface area contributed by atoms with E-state index in [-0.39, 0.29) is 18.9 Å². The maximum absolute atomic E-state index is 12.4. The van der Waals surface area contributed by atoms with Crippen molar-refractivity contribution in [1.82, 2.24) is 5.32 Å². The molecule has 1 amide bonds. The molecule has 0 fully saturated rings. The maximum atomic E-state index is 12.4. The van der Waals surface area contributed by atoms with Crippen molar-refractivity contribution in [3.8, 4) is 0 Å². The molecule has 0 heterocycles. The summed E-state index contributed by atoms with van der Waals surface area (Å²) in [5.74, 6) is -0.282. The molecule has 0 aromatic heterocycles. The van der Waals surface area contributed by atoms with Gasteiger partial charge in [-0.2, -0.15) is 0 Å². The highest BCUT2D eigenvalue weighted by atomic mass is 16.3. The second-order valence-corrected chi connectivity index (χ2v) is 13.9. The number of rotatable bonds is 36. The van der Waals surface area contributed by atoms with Crippen LogP contribution in [0.25, 0.3) is 0 Å². The van der Waals surface area contributed by atoms with Gasteiger partial charge in [-0.1, -0.05) is 200 Å². The Morgan fingerprint density at radius 1 is 0.477 bits per heavy atom. The van der Waals surface area contributed by atoms with Gasteiger partial charge in [-0.3, -0.25) is 4.79 Å². The maximum Gasteiger partial charge on any atom is 0.222 e. The van der Waals surface area contributed by atoms with Gasteiger partial charge in [-0.15, -0.1) is 0 Å². The lowest BCUT2D eigenvalue weighted by Crippen LogP contribution is -2.46. The first-order chi connectivity index (χ1) is 21.5. The lowest BCUT2D eigenvalue weighted by molar-refractivity contribution is -0.125. The molecule has 5 nitrogen and oxygen atoms in total. The van der Waals surface area contributed by atoms with Crippen molar-refractivity contribution >= 4 is 5.91 Å². The molecule has 44 heavy (non-hydrogen) atoms. The molecule has 264 valence electrons. The van der Waals surface area contributed by atoms with Gasteiger partial charge < -0.3 is 20.6 Å². The van der Waals surface area contributed by atoms with Gasteiger partial charge >= 0.3 is 0 Å².